The molecule has 21 heavy (non-hydrogen) atoms. The third-order valence-electron chi connectivity index (χ3n) is 3.05. The SMILES string of the molecule is CC(C)(N)C(=O)NCCCOc1cccc2cccnc12. The average Bonchev–Trinajstić information content (AvgIpc) is 2.46. The minimum atomic E-state index is -0.847. The summed E-state index contributed by atoms with van der Waals surface area (Å²) in [5.74, 6) is 0.605. The zero-order valence-corrected chi connectivity index (χ0v) is 12.4. The van der Waals surface area contributed by atoms with Gasteiger partial charge in [-0.3, -0.25) is 9.78 Å². The van der Waals surface area contributed by atoms with Gasteiger partial charge in [-0.05, 0) is 32.4 Å². The zero-order valence-electron chi connectivity index (χ0n) is 12.4. The van der Waals surface area contributed by atoms with Crippen molar-refractivity contribution in [2.75, 3.05) is 13.2 Å². The minimum Gasteiger partial charge on any atom is -0.491 e. The highest BCUT2D eigenvalue weighted by Gasteiger charge is 2.20. The fourth-order valence-electron chi connectivity index (χ4n) is 1.88. The van der Waals surface area contributed by atoms with Crippen LogP contribution in [-0.2, 0) is 4.79 Å². The Kier molecular flexibility index (Phi) is 4.75. The van der Waals surface area contributed by atoms with Crippen molar-refractivity contribution < 1.29 is 9.53 Å². The first-order valence-electron chi connectivity index (χ1n) is 7.02. The van der Waals surface area contributed by atoms with E-state index in [9.17, 15) is 4.79 Å². The Morgan fingerprint density at radius 2 is 2.10 bits per heavy atom. The van der Waals surface area contributed by atoms with Crippen molar-refractivity contribution in [2.24, 2.45) is 5.73 Å². The molecule has 3 N–H and O–H groups in total. The molecule has 2 aromatic rings. The maximum atomic E-state index is 11.6. The fourth-order valence-corrected chi connectivity index (χ4v) is 1.88. The van der Waals surface area contributed by atoms with Crippen molar-refractivity contribution in [1.82, 2.24) is 10.3 Å². The van der Waals surface area contributed by atoms with Gasteiger partial charge in [0.25, 0.3) is 0 Å². The normalized spacial score (nSPS) is 11.4. The quantitative estimate of drug-likeness (QED) is 0.795. The van der Waals surface area contributed by atoms with E-state index >= 15 is 0 Å². The fraction of sp³-hybridized carbons (Fsp3) is 0.375. The largest absolute Gasteiger partial charge is 0.491 e. The Hall–Kier alpha value is -2.14. The monoisotopic (exact) mass is 287 g/mol. The van der Waals surface area contributed by atoms with Crippen molar-refractivity contribution >= 4 is 16.8 Å². The average molecular weight is 287 g/mol. The van der Waals surface area contributed by atoms with Crippen LogP contribution in [-0.4, -0.2) is 29.6 Å². The number of rotatable bonds is 6. The van der Waals surface area contributed by atoms with Crippen LogP contribution in [0.2, 0.25) is 0 Å². The Labute approximate surface area is 124 Å². The Balaban J connectivity index is 1.82. The summed E-state index contributed by atoms with van der Waals surface area (Å²) in [6, 6.07) is 9.74. The summed E-state index contributed by atoms with van der Waals surface area (Å²) in [4.78, 5) is 15.9. The molecule has 0 aliphatic rings. The van der Waals surface area contributed by atoms with Crippen LogP contribution in [0.1, 0.15) is 20.3 Å². The van der Waals surface area contributed by atoms with Crippen LogP contribution in [0.4, 0.5) is 0 Å². The number of para-hydroxylation sites is 1. The first-order valence-corrected chi connectivity index (χ1v) is 7.02. The number of hydrogen-bond acceptors (Lipinski definition) is 4. The molecule has 2 rings (SSSR count). The van der Waals surface area contributed by atoms with Crippen LogP contribution < -0.4 is 15.8 Å². The van der Waals surface area contributed by atoms with Crippen molar-refractivity contribution in [3.8, 4) is 5.75 Å². The zero-order chi connectivity index (χ0) is 15.3. The lowest BCUT2D eigenvalue weighted by Crippen LogP contribution is -2.49. The number of hydrogen-bond donors (Lipinski definition) is 2. The molecule has 1 aromatic heterocycles. The molecule has 1 heterocycles. The lowest BCUT2D eigenvalue weighted by molar-refractivity contribution is -0.125. The van der Waals surface area contributed by atoms with E-state index < -0.39 is 5.54 Å². The van der Waals surface area contributed by atoms with Crippen LogP contribution in [0.3, 0.4) is 0 Å². The smallest absolute Gasteiger partial charge is 0.239 e. The summed E-state index contributed by atoms with van der Waals surface area (Å²) in [5, 5.41) is 3.84. The van der Waals surface area contributed by atoms with E-state index in [1.807, 2.05) is 30.3 Å². The lowest BCUT2D eigenvalue weighted by atomic mass is 10.1. The van der Waals surface area contributed by atoms with Crippen molar-refractivity contribution in [3.05, 3.63) is 36.5 Å². The van der Waals surface area contributed by atoms with Gasteiger partial charge in [-0.2, -0.15) is 0 Å². The Morgan fingerprint density at radius 3 is 2.86 bits per heavy atom. The molecule has 0 aliphatic carbocycles. The number of nitrogens with zero attached hydrogens (tertiary/aromatic N) is 1. The molecule has 0 aliphatic heterocycles. The number of pyridine rings is 1. The molecule has 5 nitrogen and oxygen atoms in total. The number of aromatic nitrogens is 1. The van der Waals surface area contributed by atoms with E-state index in [-0.39, 0.29) is 5.91 Å². The first kappa shape index (κ1) is 15.3. The number of nitrogens with one attached hydrogen (secondary N) is 1. The molecule has 0 bridgehead atoms. The lowest BCUT2D eigenvalue weighted by Gasteiger charge is -2.17. The highest BCUT2D eigenvalue weighted by atomic mass is 16.5. The van der Waals surface area contributed by atoms with E-state index in [2.05, 4.69) is 10.3 Å². The van der Waals surface area contributed by atoms with E-state index in [1.165, 1.54) is 0 Å². The van der Waals surface area contributed by atoms with Crippen LogP contribution in [0, 0.1) is 0 Å². The second-order valence-corrected chi connectivity index (χ2v) is 5.51. The molecule has 0 saturated carbocycles. The summed E-state index contributed by atoms with van der Waals surface area (Å²) in [6.45, 7) is 4.42. The summed E-state index contributed by atoms with van der Waals surface area (Å²) >= 11 is 0. The molecule has 112 valence electrons. The van der Waals surface area contributed by atoms with Gasteiger partial charge in [-0.25, -0.2) is 0 Å². The first-order chi connectivity index (χ1) is 9.98. The van der Waals surface area contributed by atoms with Crippen molar-refractivity contribution in [2.45, 2.75) is 25.8 Å². The van der Waals surface area contributed by atoms with Crippen LogP contribution in [0.15, 0.2) is 36.5 Å². The highest BCUT2D eigenvalue weighted by molar-refractivity contribution is 5.85. The van der Waals surface area contributed by atoms with Gasteiger partial charge in [0, 0.05) is 18.1 Å². The summed E-state index contributed by atoms with van der Waals surface area (Å²) < 4.78 is 5.74. The van der Waals surface area contributed by atoms with Gasteiger partial charge in [-0.1, -0.05) is 18.2 Å². The van der Waals surface area contributed by atoms with Gasteiger partial charge in [0.15, 0.2) is 0 Å². The summed E-state index contributed by atoms with van der Waals surface area (Å²) in [5.41, 5.74) is 5.70. The molecule has 1 amide bonds. The molecular weight excluding hydrogens is 266 g/mol. The molecule has 0 saturated heterocycles. The third kappa shape index (κ3) is 4.16. The molecule has 0 fully saturated rings. The van der Waals surface area contributed by atoms with Gasteiger partial charge < -0.3 is 15.8 Å². The maximum absolute atomic E-state index is 11.6. The predicted molar refractivity (Wildman–Crippen MR) is 83.1 cm³/mol. The molecule has 1 aromatic carbocycles. The molecule has 0 radical (unpaired) electrons. The Bertz CT molecular complexity index is 615. The number of amides is 1. The van der Waals surface area contributed by atoms with Crippen molar-refractivity contribution in [1.29, 1.82) is 0 Å². The minimum absolute atomic E-state index is 0.158. The molecule has 0 unspecified atom stereocenters. The van der Waals surface area contributed by atoms with Gasteiger partial charge in [-0.15, -0.1) is 0 Å². The second-order valence-electron chi connectivity index (χ2n) is 5.51. The standard InChI is InChI=1S/C16H21N3O2/c1-16(2,17)15(20)19-10-5-11-21-13-8-3-6-12-7-4-9-18-14(12)13/h3-4,6-9H,5,10-11,17H2,1-2H3,(H,19,20). The molecule has 5 heteroatoms. The van der Waals surface area contributed by atoms with E-state index in [0.29, 0.717) is 19.6 Å². The van der Waals surface area contributed by atoms with Crippen LogP contribution in [0.5, 0.6) is 5.75 Å². The number of nitrogens with two attached hydrogens (primary N) is 1. The number of carbonyl (C=O) groups excluding carboxylic acids is 1. The summed E-state index contributed by atoms with van der Waals surface area (Å²) in [6.07, 6.45) is 2.46. The van der Waals surface area contributed by atoms with E-state index in [1.54, 1.807) is 20.0 Å². The Morgan fingerprint density at radius 1 is 1.33 bits per heavy atom. The van der Waals surface area contributed by atoms with Gasteiger partial charge >= 0.3 is 0 Å². The number of ether oxygens (including phenoxy) is 1. The molecular formula is C16H21N3O2. The van der Waals surface area contributed by atoms with Gasteiger partial charge in [0.05, 0.1) is 12.1 Å². The maximum Gasteiger partial charge on any atom is 0.239 e. The second kappa shape index (κ2) is 6.54. The third-order valence-corrected chi connectivity index (χ3v) is 3.05. The number of carbonyl (C=O) groups is 1. The van der Waals surface area contributed by atoms with Gasteiger partial charge in [0.1, 0.15) is 11.3 Å². The molecule has 0 spiro atoms. The molecule has 0 atom stereocenters. The van der Waals surface area contributed by atoms with E-state index in [4.69, 9.17) is 10.5 Å². The van der Waals surface area contributed by atoms with Gasteiger partial charge in [0.2, 0.25) is 5.91 Å². The van der Waals surface area contributed by atoms with Crippen LogP contribution >= 0.6 is 0 Å². The summed E-state index contributed by atoms with van der Waals surface area (Å²) in [7, 11) is 0. The van der Waals surface area contributed by atoms with Crippen LogP contribution in [0.25, 0.3) is 10.9 Å². The topological polar surface area (TPSA) is 77.2 Å². The van der Waals surface area contributed by atoms with Crippen molar-refractivity contribution in [3.63, 3.8) is 0 Å². The predicted octanol–water partition coefficient (Wildman–Crippen LogP) is 1.86. The van der Waals surface area contributed by atoms with E-state index in [0.717, 1.165) is 16.7 Å². The highest BCUT2D eigenvalue weighted by Crippen LogP contribution is 2.22. The number of fused-ring (bicyclic) bond motifs is 1. The number of benzene rings is 1.